The summed E-state index contributed by atoms with van der Waals surface area (Å²) in [5.74, 6) is 0.792. The molecule has 1 fully saturated rings. The molecule has 0 aromatic heterocycles. The van der Waals surface area contributed by atoms with Crippen LogP contribution in [-0.2, 0) is 6.42 Å². The van der Waals surface area contributed by atoms with Crippen molar-refractivity contribution in [1.82, 2.24) is 0 Å². The van der Waals surface area contributed by atoms with Gasteiger partial charge in [-0.1, -0.05) is 17.7 Å². The Labute approximate surface area is 89.0 Å². The van der Waals surface area contributed by atoms with Crippen LogP contribution in [0.1, 0.15) is 18.4 Å². The van der Waals surface area contributed by atoms with Gasteiger partial charge in [0, 0.05) is 10.6 Å². The molecular weight excluding hydrogens is 198 g/mol. The molecule has 2 rings (SSSR count). The van der Waals surface area contributed by atoms with Crippen LogP contribution in [0.2, 0.25) is 5.02 Å². The van der Waals surface area contributed by atoms with Gasteiger partial charge in [0.25, 0.3) is 0 Å². The van der Waals surface area contributed by atoms with E-state index in [0.717, 1.165) is 35.6 Å². The molecule has 0 saturated heterocycles. The number of ether oxygens (including phenoxy) is 1. The average molecular weight is 212 g/mol. The molecule has 0 amide bonds. The summed E-state index contributed by atoms with van der Waals surface area (Å²) in [7, 11) is 1.64. The monoisotopic (exact) mass is 211 g/mol. The van der Waals surface area contributed by atoms with E-state index in [1.54, 1.807) is 7.11 Å². The number of hydrogen-bond acceptors (Lipinski definition) is 2. The molecule has 0 unspecified atom stereocenters. The predicted octanol–water partition coefficient (Wildman–Crippen LogP) is 2.38. The molecule has 0 aliphatic heterocycles. The van der Waals surface area contributed by atoms with Crippen molar-refractivity contribution in [3.8, 4) is 5.75 Å². The molecule has 1 aromatic carbocycles. The van der Waals surface area contributed by atoms with Gasteiger partial charge in [-0.15, -0.1) is 0 Å². The molecule has 14 heavy (non-hydrogen) atoms. The van der Waals surface area contributed by atoms with Gasteiger partial charge in [-0.25, -0.2) is 0 Å². The van der Waals surface area contributed by atoms with Gasteiger partial charge >= 0.3 is 0 Å². The van der Waals surface area contributed by atoms with Gasteiger partial charge in [-0.05, 0) is 37.0 Å². The van der Waals surface area contributed by atoms with Gasteiger partial charge in [0.2, 0.25) is 0 Å². The van der Waals surface area contributed by atoms with E-state index in [-0.39, 0.29) is 5.54 Å². The van der Waals surface area contributed by atoms with Crippen LogP contribution < -0.4 is 10.5 Å². The maximum absolute atomic E-state index is 6.11. The summed E-state index contributed by atoms with van der Waals surface area (Å²) in [5, 5.41) is 0.751. The molecular formula is C11H14ClNO. The highest BCUT2D eigenvalue weighted by molar-refractivity contribution is 6.31. The number of halogens is 1. The first-order valence-corrected chi connectivity index (χ1v) is 5.12. The number of nitrogens with two attached hydrogens (primary N) is 1. The van der Waals surface area contributed by atoms with Crippen molar-refractivity contribution in [2.45, 2.75) is 24.8 Å². The fourth-order valence-corrected chi connectivity index (χ4v) is 1.75. The van der Waals surface area contributed by atoms with Crippen LogP contribution in [0.4, 0.5) is 0 Å². The van der Waals surface area contributed by atoms with E-state index >= 15 is 0 Å². The third-order valence-corrected chi connectivity index (χ3v) is 3.05. The zero-order chi connectivity index (χ0) is 10.2. The minimum atomic E-state index is 0.0121. The Morgan fingerprint density at radius 1 is 1.50 bits per heavy atom. The van der Waals surface area contributed by atoms with Crippen molar-refractivity contribution in [3.63, 3.8) is 0 Å². The van der Waals surface area contributed by atoms with E-state index in [9.17, 15) is 0 Å². The second-order valence-corrected chi connectivity index (χ2v) is 4.40. The lowest BCUT2D eigenvalue weighted by Gasteiger charge is -2.10. The average Bonchev–Trinajstić information content (AvgIpc) is 2.88. The number of methoxy groups -OCH3 is 1. The van der Waals surface area contributed by atoms with Crippen LogP contribution >= 0.6 is 11.6 Å². The fraction of sp³-hybridized carbons (Fsp3) is 0.455. The summed E-state index contributed by atoms with van der Waals surface area (Å²) in [6.45, 7) is 0. The highest BCUT2D eigenvalue weighted by atomic mass is 35.5. The maximum Gasteiger partial charge on any atom is 0.120 e. The number of rotatable bonds is 3. The van der Waals surface area contributed by atoms with Crippen molar-refractivity contribution in [2.75, 3.05) is 7.11 Å². The van der Waals surface area contributed by atoms with Crippen LogP contribution in [-0.4, -0.2) is 12.6 Å². The van der Waals surface area contributed by atoms with E-state index < -0.39 is 0 Å². The van der Waals surface area contributed by atoms with E-state index in [0.29, 0.717) is 0 Å². The van der Waals surface area contributed by atoms with Crippen molar-refractivity contribution >= 4 is 11.6 Å². The first-order chi connectivity index (χ1) is 6.63. The quantitative estimate of drug-likeness (QED) is 0.833. The summed E-state index contributed by atoms with van der Waals surface area (Å²) in [6, 6.07) is 5.75. The standard InChI is InChI=1S/C11H14ClNO/c1-14-9-3-2-8(10(12)6-9)7-11(13)4-5-11/h2-3,6H,4-5,7,13H2,1H3. The first-order valence-electron chi connectivity index (χ1n) is 4.74. The van der Waals surface area contributed by atoms with Crippen molar-refractivity contribution in [2.24, 2.45) is 5.73 Å². The number of hydrogen-bond donors (Lipinski definition) is 1. The highest BCUT2D eigenvalue weighted by Gasteiger charge is 2.38. The van der Waals surface area contributed by atoms with Crippen molar-refractivity contribution in [3.05, 3.63) is 28.8 Å². The molecule has 0 atom stereocenters. The molecule has 1 aliphatic carbocycles. The molecule has 76 valence electrons. The van der Waals surface area contributed by atoms with E-state index in [1.807, 2.05) is 18.2 Å². The molecule has 2 nitrogen and oxygen atoms in total. The molecule has 0 radical (unpaired) electrons. The Hall–Kier alpha value is -0.730. The summed E-state index contributed by atoms with van der Waals surface area (Å²) in [5.41, 5.74) is 7.16. The molecule has 1 saturated carbocycles. The van der Waals surface area contributed by atoms with Gasteiger partial charge in [0.1, 0.15) is 5.75 Å². The maximum atomic E-state index is 6.11. The summed E-state index contributed by atoms with van der Waals surface area (Å²) in [4.78, 5) is 0. The van der Waals surface area contributed by atoms with Crippen LogP contribution in [0.3, 0.4) is 0 Å². The van der Waals surface area contributed by atoms with Gasteiger partial charge < -0.3 is 10.5 Å². The molecule has 0 heterocycles. The Bertz CT molecular complexity index is 347. The highest BCUT2D eigenvalue weighted by Crippen LogP contribution is 2.37. The molecule has 3 heteroatoms. The first kappa shape index (κ1) is 9.81. The largest absolute Gasteiger partial charge is 0.497 e. The van der Waals surface area contributed by atoms with Crippen molar-refractivity contribution < 1.29 is 4.74 Å². The van der Waals surface area contributed by atoms with Gasteiger partial charge in [-0.2, -0.15) is 0 Å². The van der Waals surface area contributed by atoms with E-state index in [2.05, 4.69) is 0 Å². The lowest BCUT2D eigenvalue weighted by atomic mass is 10.1. The summed E-state index contributed by atoms with van der Waals surface area (Å²) >= 11 is 6.11. The molecule has 0 spiro atoms. The van der Waals surface area contributed by atoms with E-state index in [1.165, 1.54) is 0 Å². The van der Waals surface area contributed by atoms with Crippen molar-refractivity contribution in [1.29, 1.82) is 0 Å². The second kappa shape index (κ2) is 3.44. The SMILES string of the molecule is COc1ccc(CC2(N)CC2)c(Cl)c1. The molecule has 1 aliphatic rings. The predicted molar refractivity (Wildman–Crippen MR) is 57.9 cm³/mol. The normalized spacial score (nSPS) is 17.9. The Balaban J connectivity index is 2.17. The fourth-order valence-electron chi connectivity index (χ4n) is 1.52. The van der Waals surface area contributed by atoms with Gasteiger partial charge in [0.05, 0.1) is 7.11 Å². The molecule has 2 N–H and O–H groups in total. The zero-order valence-corrected chi connectivity index (χ0v) is 8.97. The lowest BCUT2D eigenvalue weighted by Crippen LogP contribution is -2.24. The Morgan fingerprint density at radius 2 is 2.21 bits per heavy atom. The second-order valence-electron chi connectivity index (χ2n) is 4.00. The molecule has 0 bridgehead atoms. The zero-order valence-electron chi connectivity index (χ0n) is 8.22. The topological polar surface area (TPSA) is 35.2 Å². The summed E-state index contributed by atoms with van der Waals surface area (Å²) in [6.07, 6.45) is 3.08. The lowest BCUT2D eigenvalue weighted by molar-refractivity contribution is 0.414. The minimum absolute atomic E-state index is 0.0121. The van der Waals surface area contributed by atoms with Crippen LogP contribution in [0.25, 0.3) is 0 Å². The van der Waals surface area contributed by atoms with Crippen LogP contribution in [0, 0.1) is 0 Å². The minimum Gasteiger partial charge on any atom is -0.497 e. The Kier molecular flexibility index (Phi) is 2.41. The molecule has 1 aromatic rings. The van der Waals surface area contributed by atoms with Crippen LogP contribution in [0.5, 0.6) is 5.75 Å². The van der Waals surface area contributed by atoms with Gasteiger partial charge in [-0.3, -0.25) is 0 Å². The summed E-state index contributed by atoms with van der Waals surface area (Å²) < 4.78 is 5.08. The van der Waals surface area contributed by atoms with Crippen LogP contribution in [0.15, 0.2) is 18.2 Å². The third kappa shape index (κ3) is 2.02. The smallest absolute Gasteiger partial charge is 0.120 e. The van der Waals surface area contributed by atoms with Gasteiger partial charge in [0.15, 0.2) is 0 Å². The Morgan fingerprint density at radius 3 is 2.71 bits per heavy atom. The van der Waals surface area contributed by atoms with E-state index in [4.69, 9.17) is 22.1 Å². The number of benzene rings is 1. The third-order valence-electron chi connectivity index (χ3n) is 2.69.